The van der Waals surface area contributed by atoms with Gasteiger partial charge >= 0.3 is 0 Å². The highest BCUT2D eigenvalue weighted by Gasteiger charge is 2.40. The van der Waals surface area contributed by atoms with Gasteiger partial charge in [0.15, 0.2) is 0 Å². The smallest absolute Gasteiger partial charge is 0.274 e. The van der Waals surface area contributed by atoms with E-state index in [1.165, 1.54) is 12.8 Å². The lowest BCUT2D eigenvalue weighted by Gasteiger charge is -2.28. The number of amides is 1. The Hall–Kier alpha value is -1.40. The van der Waals surface area contributed by atoms with E-state index in [2.05, 4.69) is 35.9 Å². The van der Waals surface area contributed by atoms with E-state index in [-0.39, 0.29) is 11.3 Å². The second kappa shape index (κ2) is 5.91. The molecule has 6 heteroatoms. The molecule has 0 unspecified atom stereocenters. The van der Waals surface area contributed by atoms with Gasteiger partial charge in [-0.2, -0.15) is 5.10 Å². The summed E-state index contributed by atoms with van der Waals surface area (Å²) in [6.45, 7) is 10.0. The van der Waals surface area contributed by atoms with Crippen LogP contribution in [0.2, 0.25) is 0 Å². The standard InChI is InChI=1S/C17H28N4O2/c1-16(2,3)14-10-13(18-19-14)15(22)21-9-6-17(23,12-21)11-20-7-4-5-8-20/h10,23H,4-9,11-12H2,1-3H3,(H,18,19)/t17-/m1/s1. The van der Waals surface area contributed by atoms with Crippen LogP contribution in [0, 0.1) is 0 Å². The molecule has 6 nitrogen and oxygen atoms in total. The number of nitrogens with zero attached hydrogens (tertiary/aromatic N) is 3. The Morgan fingerprint density at radius 2 is 2.04 bits per heavy atom. The molecule has 0 aliphatic carbocycles. The van der Waals surface area contributed by atoms with Crippen LogP contribution in [0.5, 0.6) is 0 Å². The van der Waals surface area contributed by atoms with Crippen molar-refractivity contribution >= 4 is 5.91 Å². The van der Waals surface area contributed by atoms with Crippen LogP contribution in [0.4, 0.5) is 0 Å². The summed E-state index contributed by atoms with van der Waals surface area (Å²) in [5.74, 6) is -0.0888. The zero-order valence-corrected chi connectivity index (χ0v) is 14.4. The van der Waals surface area contributed by atoms with Crippen molar-refractivity contribution in [3.05, 3.63) is 17.5 Å². The van der Waals surface area contributed by atoms with Crippen LogP contribution in [0.3, 0.4) is 0 Å². The lowest BCUT2D eigenvalue weighted by atomic mass is 9.92. The molecule has 0 aromatic carbocycles. The van der Waals surface area contributed by atoms with Crippen LogP contribution in [0.25, 0.3) is 0 Å². The van der Waals surface area contributed by atoms with Gasteiger partial charge in [-0.25, -0.2) is 0 Å². The molecule has 1 aromatic rings. The van der Waals surface area contributed by atoms with Crippen molar-refractivity contribution in [3.8, 4) is 0 Å². The Balaban J connectivity index is 1.63. The highest BCUT2D eigenvalue weighted by atomic mass is 16.3. The van der Waals surface area contributed by atoms with E-state index in [0.717, 1.165) is 18.8 Å². The fourth-order valence-corrected chi connectivity index (χ4v) is 3.49. The molecule has 3 rings (SSSR count). The topological polar surface area (TPSA) is 72.5 Å². The van der Waals surface area contributed by atoms with Gasteiger partial charge in [0.1, 0.15) is 5.69 Å². The highest BCUT2D eigenvalue weighted by molar-refractivity contribution is 5.92. The first-order valence-corrected chi connectivity index (χ1v) is 8.57. The maximum atomic E-state index is 12.6. The highest BCUT2D eigenvalue weighted by Crippen LogP contribution is 2.26. The van der Waals surface area contributed by atoms with Crippen molar-refractivity contribution < 1.29 is 9.90 Å². The van der Waals surface area contributed by atoms with Gasteiger partial charge in [-0.15, -0.1) is 0 Å². The van der Waals surface area contributed by atoms with Crippen molar-refractivity contribution in [2.45, 2.75) is 51.0 Å². The van der Waals surface area contributed by atoms with Crippen LogP contribution in [0.1, 0.15) is 56.2 Å². The number of β-amino-alcohol motifs (C(OH)–C–C–N with tert-alkyl or cyclic N) is 1. The molecule has 3 heterocycles. The predicted octanol–water partition coefficient (Wildman–Crippen LogP) is 1.38. The van der Waals surface area contributed by atoms with Crippen LogP contribution in [-0.4, -0.2) is 69.3 Å². The zero-order chi connectivity index (χ0) is 16.7. The summed E-state index contributed by atoms with van der Waals surface area (Å²) in [5, 5.41) is 17.9. The molecule has 0 spiro atoms. The third-order valence-corrected chi connectivity index (χ3v) is 4.94. The molecule has 2 fully saturated rings. The third-order valence-electron chi connectivity index (χ3n) is 4.94. The molecule has 0 bridgehead atoms. The maximum Gasteiger partial charge on any atom is 0.274 e. The van der Waals surface area contributed by atoms with Crippen molar-refractivity contribution in [2.24, 2.45) is 0 Å². The van der Waals surface area contributed by atoms with Crippen LogP contribution >= 0.6 is 0 Å². The second-order valence-electron chi connectivity index (χ2n) is 8.10. The summed E-state index contributed by atoms with van der Waals surface area (Å²) in [4.78, 5) is 16.7. The molecule has 2 saturated heterocycles. The summed E-state index contributed by atoms with van der Waals surface area (Å²) in [6, 6.07) is 1.83. The number of likely N-dealkylation sites (tertiary alicyclic amines) is 2. The molecule has 1 aromatic heterocycles. The first-order chi connectivity index (χ1) is 10.8. The van der Waals surface area contributed by atoms with Gasteiger partial charge in [0.25, 0.3) is 5.91 Å². The summed E-state index contributed by atoms with van der Waals surface area (Å²) < 4.78 is 0. The van der Waals surface area contributed by atoms with Crippen molar-refractivity contribution in [1.82, 2.24) is 20.0 Å². The molecule has 0 radical (unpaired) electrons. The van der Waals surface area contributed by atoms with Gasteiger partial charge in [-0.3, -0.25) is 9.89 Å². The van der Waals surface area contributed by atoms with Crippen molar-refractivity contribution in [1.29, 1.82) is 0 Å². The van der Waals surface area contributed by atoms with Gasteiger partial charge in [0.05, 0.1) is 12.1 Å². The largest absolute Gasteiger partial charge is 0.387 e. The number of H-pyrrole nitrogens is 1. The molecule has 0 saturated carbocycles. The minimum atomic E-state index is -0.775. The first kappa shape index (κ1) is 16.5. The van der Waals surface area contributed by atoms with Crippen LogP contribution in [-0.2, 0) is 5.41 Å². The zero-order valence-electron chi connectivity index (χ0n) is 14.4. The minimum Gasteiger partial charge on any atom is -0.387 e. The lowest BCUT2D eigenvalue weighted by molar-refractivity contribution is 0.0175. The lowest BCUT2D eigenvalue weighted by Crippen LogP contribution is -2.45. The summed E-state index contributed by atoms with van der Waals surface area (Å²) in [6.07, 6.45) is 3.06. The van der Waals surface area contributed by atoms with E-state index in [9.17, 15) is 9.90 Å². The van der Waals surface area contributed by atoms with Crippen molar-refractivity contribution in [2.75, 3.05) is 32.7 Å². The summed E-state index contributed by atoms with van der Waals surface area (Å²) in [7, 11) is 0. The Morgan fingerprint density at radius 1 is 1.35 bits per heavy atom. The molecule has 2 aliphatic rings. The Morgan fingerprint density at radius 3 is 2.65 bits per heavy atom. The molecule has 1 atom stereocenters. The van der Waals surface area contributed by atoms with Crippen LogP contribution in [0.15, 0.2) is 6.07 Å². The number of aromatic amines is 1. The normalized spacial score (nSPS) is 26.2. The van der Waals surface area contributed by atoms with E-state index in [0.29, 0.717) is 31.7 Å². The molecular formula is C17H28N4O2. The Bertz CT molecular complexity index is 571. The number of aliphatic hydroxyl groups is 1. The fourth-order valence-electron chi connectivity index (χ4n) is 3.49. The number of nitrogens with one attached hydrogen (secondary N) is 1. The van der Waals surface area contributed by atoms with Gasteiger partial charge in [-0.1, -0.05) is 20.8 Å². The maximum absolute atomic E-state index is 12.6. The molecular weight excluding hydrogens is 292 g/mol. The minimum absolute atomic E-state index is 0.0625. The van der Waals surface area contributed by atoms with Gasteiger partial charge in [0.2, 0.25) is 0 Å². The quantitative estimate of drug-likeness (QED) is 0.882. The van der Waals surface area contributed by atoms with Crippen LogP contribution < -0.4 is 0 Å². The molecule has 23 heavy (non-hydrogen) atoms. The number of carbonyl (C=O) groups is 1. The van der Waals surface area contributed by atoms with Crippen molar-refractivity contribution in [3.63, 3.8) is 0 Å². The monoisotopic (exact) mass is 320 g/mol. The number of hydrogen-bond donors (Lipinski definition) is 2. The SMILES string of the molecule is CC(C)(C)c1cc(C(=O)N2CC[C@@](O)(CN3CCCC3)C2)n[nH]1. The molecule has 2 N–H and O–H groups in total. The average molecular weight is 320 g/mol. The number of aromatic nitrogens is 2. The molecule has 2 aliphatic heterocycles. The van der Waals surface area contributed by atoms with E-state index >= 15 is 0 Å². The van der Waals surface area contributed by atoms with E-state index < -0.39 is 5.60 Å². The number of carbonyl (C=O) groups excluding carboxylic acids is 1. The van der Waals surface area contributed by atoms with Gasteiger partial charge in [-0.05, 0) is 38.4 Å². The molecule has 1 amide bonds. The second-order valence-corrected chi connectivity index (χ2v) is 8.10. The number of rotatable bonds is 3. The first-order valence-electron chi connectivity index (χ1n) is 8.57. The van der Waals surface area contributed by atoms with E-state index in [4.69, 9.17) is 0 Å². The third kappa shape index (κ3) is 3.58. The summed E-state index contributed by atoms with van der Waals surface area (Å²) >= 11 is 0. The molecule has 128 valence electrons. The average Bonchev–Trinajstić information content (AvgIpc) is 3.17. The Labute approximate surface area is 137 Å². The number of hydrogen-bond acceptors (Lipinski definition) is 4. The predicted molar refractivity (Wildman–Crippen MR) is 88.4 cm³/mol. The van der Waals surface area contributed by atoms with Gasteiger partial charge in [0, 0.05) is 24.2 Å². The van der Waals surface area contributed by atoms with Gasteiger partial charge < -0.3 is 14.9 Å². The summed E-state index contributed by atoms with van der Waals surface area (Å²) in [5.41, 5.74) is 0.559. The van der Waals surface area contributed by atoms with E-state index in [1.807, 2.05) is 6.07 Å². The Kier molecular flexibility index (Phi) is 4.23. The fraction of sp³-hybridized carbons (Fsp3) is 0.765. The van der Waals surface area contributed by atoms with E-state index in [1.54, 1.807) is 4.90 Å².